The zero-order chi connectivity index (χ0) is 24.8. The highest BCUT2D eigenvalue weighted by Crippen LogP contribution is 2.64. The number of hydrogen-bond acceptors (Lipinski definition) is 4. The number of ether oxygens (including phenoxy) is 1. The summed E-state index contributed by atoms with van der Waals surface area (Å²) in [7, 11) is 1.46. The zero-order valence-corrected chi connectivity index (χ0v) is 19.4. The summed E-state index contributed by atoms with van der Waals surface area (Å²) in [5.74, 6) is -2.12. The van der Waals surface area contributed by atoms with Gasteiger partial charge >= 0.3 is 6.18 Å². The van der Waals surface area contributed by atoms with Crippen molar-refractivity contribution in [2.24, 2.45) is 5.92 Å². The summed E-state index contributed by atoms with van der Waals surface area (Å²) in [6.07, 6.45) is -6.52. The van der Waals surface area contributed by atoms with Crippen LogP contribution < -0.4 is 4.74 Å². The lowest BCUT2D eigenvalue weighted by atomic mass is 9.74. The molecule has 0 spiro atoms. The molecular weight excluding hydrogens is 473 g/mol. The average Bonchev–Trinajstić information content (AvgIpc) is 2.87. The second-order valence-corrected chi connectivity index (χ2v) is 9.74. The predicted octanol–water partition coefficient (Wildman–Crippen LogP) is 6.94. The van der Waals surface area contributed by atoms with Crippen LogP contribution in [0.4, 0.5) is 13.2 Å². The summed E-state index contributed by atoms with van der Waals surface area (Å²) in [5, 5.41) is 12.8. The van der Waals surface area contributed by atoms with E-state index in [1.54, 1.807) is 42.5 Å². The summed E-state index contributed by atoms with van der Waals surface area (Å²) in [6.45, 7) is 0. The van der Waals surface area contributed by atoms with Crippen LogP contribution >= 0.6 is 11.8 Å². The minimum absolute atomic E-state index is 0.0734. The molecule has 1 N–H and O–H groups in total. The van der Waals surface area contributed by atoms with E-state index in [1.807, 2.05) is 12.1 Å². The number of carbonyl (C=O) groups is 1. The smallest absolute Gasteiger partial charge is 0.408 e. The van der Waals surface area contributed by atoms with Gasteiger partial charge in [-0.05, 0) is 58.3 Å². The number of methoxy groups -OCH3 is 1. The van der Waals surface area contributed by atoms with E-state index in [2.05, 4.69) is 0 Å². The average molecular weight is 495 g/mol. The molecule has 4 aromatic rings. The molecule has 0 amide bonds. The first-order chi connectivity index (χ1) is 16.8. The molecule has 1 aliphatic rings. The highest BCUT2D eigenvalue weighted by Gasteiger charge is 2.67. The molecule has 4 aromatic carbocycles. The molecule has 0 saturated heterocycles. The van der Waals surface area contributed by atoms with Gasteiger partial charge in [0.25, 0.3) is 0 Å². The Balaban J connectivity index is 1.77. The summed E-state index contributed by atoms with van der Waals surface area (Å²) in [4.78, 5) is 14.1. The van der Waals surface area contributed by atoms with Crippen LogP contribution in [0.2, 0.25) is 0 Å². The van der Waals surface area contributed by atoms with Crippen molar-refractivity contribution < 1.29 is 27.8 Å². The Morgan fingerprint density at radius 2 is 1.57 bits per heavy atom. The number of Topliss-reactive ketones (excluding diaryl/α,β-unsaturated/α-hetero) is 1. The predicted molar refractivity (Wildman–Crippen MR) is 130 cm³/mol. The monoisotopic (exact) mass is 494 g/mol. The third-order valence-electron chi connectivity index (χ3n) is 6.52. The van der Waals surface area contributed by atoms with Gasteiger partial charge in [-0.1, -0.05) is 54.6 Å². The minimum atomic E-state index is -4.86. The normalized spacial score (nSPS) is 22.0. The third kappa shape index (κ3) is 3.79. The van der Waals surface area contributed by atoms with Crippen molar-refractivity contribution in [1.82, 2.24) is 0 Å². The largest absolute Gasteiger partial charge is 0.497 e. The summed E-state index contributed by atoms with van der Waals surface area (Å²) in [6, 6.07) is 23.9. The molecule has 7 heteroatoms. The number of aliphatic hydroxyl groups excluding tert-OH is 1. The van der Waals surface area contributed by atoms with Gasteiger partial charge in [-0.15, -0.1) is 11.8 Å². The molecule has 3 nitrogen and oxygen atoms in total. The molecule has 5 rings (SSSR count). The van der Waals surface area contributed by atoms with E-state index in [9.17, 15) is 9.90 Å². The number of fused-ring (bicyclic) bond motifs is 2. The van der Waals surface area contributed by atoms with Gasteiger partial charge in [-0.25, -0.2) is 0 Å². The SMILES string of the molecule is COc1ccc(C(=O)[C@@H]2[C@@H](O)c3ccccc3S[C@@]2(c2ccc3ccccc3c2)C(F)(F)F)cc1. The van der Waals surface area contributed by atoms with Gasteiger partial charge < -0.3 is 9.84 Å². The maximum atomic E-state index is 15.3. The standard InChI is InChI=1S/C28H21F3O3S/c1-34-21-14-11-18(12-15-21)25(32)24-26(33)22-8-4-5-9-23(22)35-27(24,28(29,30)31)20-13-10-17-6-2-3-7-19(17)16-20/h2-16,24,26,33H,1H3/t24-,26+,27-/m1/s1. The van der Waals surface area contributed by atoms with Gasteiger partial charge in [0.15, 0.2) is 10.5 Å². The van der Waals surface area contributed by atoms with E-state index in [0.717, 1.165) is 5.39 Å². The van der Waals surface area contributed by atoms with Crippen molar-refractivity contribution in [1.29, 1.82) is 0 Å². The van der Waals surface area contributed by atoms with E-state index >= 15 is 13.2 Å². The Hall–Kier alpha value is -3.29. The highest BCUT2D eigenvalue weighted by atomic mass is 32.2. The van der Waals surface area contributed by atoms with Crippen LogP contribution in [-0.2, 0) is 4.75 Å². The Morgan fingerprint density at radius 3 is 2.26 bits per heavy atom. The van der Waals surface area contributed by atoms with Crippen LogP contribution in [-0.4, -0.2) is 24.2 Å². The lowest BCUT2D eigenvalue weighted by Crippen LogP contribution is -2.53. The molecule has 1 aliphatic heterocycles. The molecule has 0 aliphatic carbocycles. The van der Waals surface area contributed by atoms with E-state index in [4.69, 9.17) is 4.74 Å². The van der Waals surface area contributed by atoms with E-state index in [0.29, 0.717) is 33.4 Å². The van der Waals surface area contributed by atoms with E-state index in [1.165, 1.54) is 43.5 Å². The van der Waals surface area contributed by atoms with Crippen LogP contribution in [0.3, 0.4) is 0 Å². The van der Waals surface area contributed by atoms with Crippen molar-refractivity contribution in [3.63, 3.8) is 0 Å². The lowest BCUT2D eigenvalue weighted by molar-refractivity contribution is -0.180. The highest BCUT2D eigenvalue weighted by molar-refractivity contribution is 8.00. The third-order valence-corrected chi connectivity index (χ3v) is 8.15. The number of benzene rings is 4. The van der Waals surface area contributed by atoms with Crippen LogP contribution in [0.5, 0.6) is 5.75 Å². The van der Waals surface area contributed by atoms with Crippen LogP contribution in [0.25, 0.3) is 10.8 Å². The van der Waals surface area contributed by atoms with Crippen molar-refractivity contribution in [3.8, 4) is 5.75 Å². The summed E-state index contributed by atoms with van der Waals surface area (Å²) in [5.41, 5.74) is 0.309. The molecule has 0 fully saturated rings. The van der Waals surface area contributed by atoms with E-state index < -0.39 is 28.7 Å². The zero-order valence-electron chi connectivity index (χ0n) is 18.6. The van der Waals surface area contributed by atoms with Crippen LogP contribution in [0, 0.1) is 5.92 Å². The Morgan fingerprint density at radius 1 is 0.914 bits per heavy atom. The number of carbonyl (C=O) groups excluding carboxylic acids is 1. The number of alkyl halides is 3. The second kappa shape index (κ2) is 8.73. The fourth-order valence-electron chi connectivity index (χ4n) is 4.78. The molecule has 0 radical (unpaired) electrons. The van der Waals surface area contributed by atoms with Crippen molar-refractivity contribution in [2.75, 3.05) is 7.11 Å². The maximum absolute atomic E-state index is 15.3. The molecular formula is C28H21F3O3S. The van der Waals surface area contributed by atoms with Crippen LogP contribution in [0.15, 0.2) is 95.9 Å². The maximum Gasteiger partial charge on any atom is 0.408 e. The van der Waals surface area contributed by atoms with Crippen molar-refractivity contribution >= 4 is 28.3 Å². The Bertz CT molecular complexity index is 1400. The number of halogens is 3. The Kier molecular flexibility index (Phi) is 5.85. The van der Waals surface area contributed by atoms with Crippen molar-refractivity contribution in [3.05, 3.63) is 108 Å². The van der Waals surface area contributed by atoms with Gasteiger partial charge in [-0.3, -0.25) is 4.79 Å². The minimum Gasteiger partial charge on any atom is -0.497 e. The van der Waals surface area contributed by atoms with Crippen molar-refractivity contribution in [2.45, 2.75) is 21.9 Å². The fraction of sp³-hybridized carbons (Fsp3) is 0.179. The molecule has 0 aromatic heterocycles. The second-order valence-electron chi connectivity index (χ2n) is 8.45. The number of aliphatic hydroxyl groups is 1. The number of ketones is 1. The van der Waals surface area contributed by atoms with Gasteiger partial charge in [-0.2, -0.15) is 13.2 Å². The molecule has 178 valence electrons. The Labute approximate surface area is 204 Å². The number of thioether (sulfide) groups is 1. The van der Waals surface area contributed by atoms with Gasteiger partial charge in [0.1, 0.15) is 5.75 Å². The van der Waals surface area contributed by atoms with Gasteiger partial charge in [0.05, 0.1) is 19.1 Å². The van der Waals surface area contributed by atoms with Gasteiger partial charge in [0, 0.05) is 10.5 Å². The molecule has 35 heavy (non-hydrogen) atoms. The summed E-state index contributed by atoms with van der Waals surface area (Å²) >= 11 is 0.585. The van der Waals surface area contributed by atoms with Gasteiger partial charge in [0.2, 0.25) is 0 Å². The number of hydrogen-bond donors (Lipinski definition) is 1. The first-order valence-corrected chi connectivity index (χ1v) is 11.8. The topological polar surface area (TPSA) is 46.5 Å². The molecule has 0 unspecified atom stereocenters. The first-order valence-electron chi connectivity index (χ1n) is 11.0. The summed E-state index contributed by atoms with van der Waals surface area (Å²) < 4.78 is 48.3. The van der Waals surface area contributed by atoms with E-state index in [-0.39, 0.29) is 11.1 Å². The molecule has 0 saturated carbocycles. The first kappa shape index (κ1) is 23.5. The molecule has 0 bridgehead atoms. The number of rotatable bonds is 4. The van der Waals surface area contributed by atoms with Crippen LogP contribution in [0.1, 0.15) is 27.6 Å². The molecule has 3 atom stereocenters. The lowest BCUT2D eigenvalue weighted by Gasteiger charge is -2.47. The quantitative estimate of drug-likeness (QED) is 0.312. The fourth-order valence-corrected chi connectivity index (χ4v) is 6.30. The molecule has 1 heterocycles.